The predicted octanol–water partition coefficient (Wildman–Crippen LogP) is 4.21. The number of nitrogens with zero attached hydrogens (tertiary/aromatic N) is 2. The lowest BCUT2D eigenvalue weighted by molar-refractivity contribution is 0.0184. The van der Waals surface area contributed by atoms with Crippen LogP contribution < -0.4 is 0 Å². The molecule has 0 radical (unpaired) electrons. The minimum absolute atomic E-state index is 0.00803. The van der Waals surface area contributed by atoms with Gasteiger partial charge >= 0.3 is 6.03 Å². The molecule has 0 unspecified atom stereocenters. The summed E-state index contributed by atoms with van der Waals surface area (Å²) in [5.74, 6) is 0.724. The zero-order chi connectivity index (χ0) is 18.1. The highest BCUT2D eigenvalue weighted by atomic mass is 16.3. The van der Waals surface area contributed by atoms with Gasteiger partial charge in [0.15, 0.2) is 0 Å². The maximum absolute atomic E-state index is 13.5. The van der Waals surface area contributed by atoms with Crippen LogP contribution in [-0.2, 0) is 0 Å². The smallest absolute Gasteiger partial charge is 0.320 e. The number of piperidine rings is 2. The highest BCUT2D eigenvalue weighted by Crippen LogP contribution is 2.48. The van der Waals surface area contributed by atoms with E-state index in [1.165, 1.54) is 25.7 Å². The van der Waals surface area contributed by atoms with Crippen molar-refractivity contribution in [3.63, 3.8) is 0 Å². The first-order chi connectivity index (χ1) is 12.6. The fourth-order valence-corrected chi connectivity index (χ4v) is 5.51. The van der Waals surface area contributed by atoms with Crippen LogP contribution in [0.25, 0.3) is 0 Å². The summed E-state index contributed by atoms with van der Waals surface area (Å²) in [4.78, 5) is 17.6. The summed E-state index contributed by atoms with van der Waals surface area (Å²) in [6, 6.07) is 10.4. The molecule has 142 valence electrons. The number of likely N-dealkylation sites (tertiary alicyclic amines) is 2. The number of hydrogen-bond donors (Lipinski definition) is 1. The van der Waals surface area contributed by atoms with E-state index in [9.17, 15) is 9.90 Å². The van der Waals surface area contributed by atoms with Gasteiger partial charge in [-0.2, -0.15) is 0 Å². The maximum atomic E-state index is 13.5. The van der Waals surface area contributed by atoms with Crippen molar-refractivity contribution >= 4 is 6.03 Å². The van der Waals surface area contributed by atoms with Crippen LogP contribution in [0.3, 0.4) is 0 Å². The minimum Gasteiger partial charge on any atom is -0.393 e. The Hall–Kier alpha value is -1.55. The van der Waals surface area contributed by atoms with Gasteiger partial charge in [-0.15, -0.1) is 0 Å². The van der Waals surface area contributed by atoms with Crippen LogP contribution in [-0.4, -0.2) is 46.7 Å². The van der Waals surface area contributed by atoms with Crippen LogP contribution in [0, 0.1) is 11.3 Å². The number of carbonyl (C=O) groups is 1. The summed E-state index contributed by atoms with van der Waals surface area (Å²) in [6.45, 7) is 4.84. The van der Waals surface area contributed by atoms with E-state index in [0.717, 1.165) is 31.0 Å². The molecule has 0 bridgehead atoms. The van der Waals surface area contributed by atoms with E-state index in [0.29, 0.717) is 24.8 Å². The van der Waals surface area contributed by atoms with Gasteiger partial charge in [-0.1, -0.05) is 50.1 Å². The summed E-state index contributed by atoms with van der Waals surface area (Å²) >= 11 is 0. The Labute approximate surface area is 157 Å². The minimum atomic E-state index is -0.313. The van der Waals surface area contributed by atoms with E-state index in [1.807, 2.05) is 23.1 Å². The highest BCUT2D eigenvalue weighted by molar-refractivity contribution is 5.75. The summed E-state index contributed by atoms with van der Waals surface area (Å²) < 4.78 is 0. The van der Waals surface area contributed by atoms with Crippen LogP contribution in [0.5, 0.6) is 0 Å². The summed E-state index contributed by atoms with van der Waals surface area (Å²) in [7, 11) is 0. The standard InChI is InChI=1S/C22H32N2O2/c1-17-9-13-23(16-22(17)11-5-6-12-22)21(26)24-14-10-19(25)15-20(24)18-7-3-2-4-8-18/h2-4,7-8,17,19-20,25H,5-6,9-16H2,1H3/t17-,19-,20+/m1/s1. The van der Waals surface area contributed by atoms with Gasteiger partial charge in [0.25, 0.3) is 0 Å². The molecule has 3 fully saturated rings. The molecule has 2 heterocycles. The maximum Gasteiger partial charge on any atom is 0.320 e. The van der Waals surface area contributed by atoms with Crippen LogP contribution in [0.1, 0.15) is 63.5 Å². The van der Waals surface area contributed by atoms with E-state index in [-0.39, 0.29) is 18.2 Å². The monoisotopic (exact) mass is 356 g/mol. The molecule has 1 spiro atoms. The predicted molar refractivity (Wildman–Crippen MR) is 103 cm³/mol. The number of benzene rings is 1. The lowest BCUT2D eigenvalue weighted by atomic mass is 9.70. The van der Waals surface area contributed by atoms with Crippen molar-refractivity contribution in [2.24, 2.45) is 11.3 Å². The molecule has 2 saturated heterocycles. The topological polar surface area (TPSA) is 43.8 Å². The first-order valence-electron chi connectivity index (χ1n) is 10.4. The zero-order valence-corrected chi connectivity index (χ0v) is 15.9. The quantitative estimate of drug-likeness (QED) is 0.819. The lowest BCUT2D eigenvalue weighted by Crippen LogP contribution is -2.55. The van der Waals surface area contributed by atoms with Crippen molar-refractivity contribution in [2.45, 2.75) is 64.0 Å². The summed E-state index contributed by atoms with van der Waals surface area (Å²) in [5, 5.41) is 10.2. The van der Waals surface area contributed by atoms with Gasteiger partial charge in [-0.25, -0.2) is 4.79 Å². The van der Waals surface area contributed by atoms with Crippen molar-refractivity contribution in [3.05, 3.63) is 35.9 Å². The molecule has 0 aromatic heterocycles. The number of amides is 2. The Balaban J connectivity index is 1.54. The third-order valence-corrected chi connectivity index (χ3v) is 7.26. The molecule has 1 aromatic carbocycles. The van der Waals surface area contributed by atoms with Crippen molar-refractivity contribution in [1.82, 2.24) is 9.80 Å². The van der Waals surface area contributed by atoms with Gasteiger partial charge in [-0.3, -0.25) is 0 Å². The van der Waals surface area contributed by atoms with E-state index in [1.54, 1.807) is 0 Å². The van der Waals surface area contributed by atoms with Crippen molar-refractivity contribution in [1.29, 1.82) is 0 Å². The molecule has 1 N–H and O–H groups in total. The zero-order valence-electron chi connectivity index (χ0n) is 15.9. The highest BCUT2D eigenvalue weighted by Gasteiger charge is 2.45. The van der Waals surface area contributed by atoms with Crippen LogP contribution in [0.15, 0.2) is 30.3 Å². The molecule has 2 aliphatic heterocycles. The van der Waals surface area contributed by atoms with E-state index >= 15 is 0 Å². The van der Waals surface area contributed by atoms with Crippen LogP contribution in [0.2, 0.25) is 0 Å². The van der Waals surface area contributed by atoms with E-state index in [2.05, 4.69) is 24.0 Å². The SMILES string of the molecule is C[C@@H]1CCN(C(=O)N2CC[C@@H](O)C[C@H]2c2ccccc2)CC12CCCC2. The second-order valence-corrected chi connectivity index (χ2v) is 8.76. The second-order valence-electron chi connectivity index (χ2n) is 8.76. The Morgan fingerprint density at radius 2 is 1.85 bits per heavy atom. The first-order valence-corrected chi connectivity index (χ1v) is 10.4. The molecule has 4 rings (SSSR count). The van der Waals surface area contributed by atoms with Crippen LogP contribution in [0.4, 0.5) is 4.79 Å². The molecule has 2 amide bonds. The number of aliphatic hydroxyl groups excluding tert-OH is 1. The fraction of sp³-hybridized carbons (Fsp3) is 0.682. The number of carbonyl (C=O) groups excluding carboxylic acids is 1. The molecular weight excluding hydrogens is 324 g/mol. The average molecular weight is 357 g/mol. The lowest BCUT2D eigenvalue weighted by Gasteiger charge is -2.48. The van der Waals surface area contributed by atoms with Crippen molar-refractivity contribution in [3.8, 4) is 0 Å². The largest absolute Gasteiger partial charge is 0.393 e. The third-order valence-electron chi connectivity index (χ3n) is 7.26. The number of urea groups is 1. The van der Waals surface area contributed by atoms with E-state index < -0.39 is 0 Å². The van der Waals surface area contributed by atoms with E-state index in [4.69, 9.17) is 0 Å². The molecule has 3 aliphatic rings. The number of rotatable bonds is 1. The summed E-state index contributed by atoms with van der Waals surface area (Å²) in [5.41, 5.74) is 1.49. The van der Waals surface area contributed by atoms with Gasteiger partial charge in [-0.05, 0) is 49.0 Å². The Morgan fingerprint density at radius 1 is 1.12 bits per heavy atom. The second kappa shape index (κ2) is 7.22. The average Bonchev–Trinajstić information content (AvgIpc) is 3.13. The van der Waals surface area contributed by atoms with Crippen molar-refractivity contribution < 1.29 is 9.90 Å². The molecule has 26 heavy (non-hydrogen) atoms. The van der Waals surface area contributed by atoms with Gasteiger partial charge in [0, 0.05) is 19.6 Å². The van der Waals surface area contributed by atoms with Gasteiger partial charge < -0.3 is 14.9 Å². The normalized spacial score (nSPS) is 31.4. The molecular formula is C22H32N2O2. The fourth-order valence-electron chi connectivity index (χ4n) is 5.51. The van der Waals surface area contributed by atoms with Crippen LogP contribution >= 0.6 is 0 Å². The molecule has 1 aromatic rings. The molecule has 3 atom stereocenters. The van der Waals surface area contributed by atoms with Crippen molar-refractivity contribution in [2.75, 3.05) is 19.6 Å². The van der Waals surface area contributed by atoms with Gasteiger partial charge in [0.05, 0.1) is 12.1 Å². The molecule has 1 aliphatic carbocycles. The number of hydrogen-bond acceptors (Lipinski definition) is 2. The molecule has 4 nitrogen and oxygen atoms in total. The molecule has 4 heteroatoms. The first kappa shape index (κ1) is 17.8. The Morgan fingerprint density at radius 3 is 2.58 bits per heavy atom. The molecule has 1 saturated carbocycles. The third kappa shape index (κ3) is 3.24. The summed E-state index contributed by atoms with van der Waals surface area (Å²) in [6.07, 6.45) is 7.32. The van der Waals surface area contributed by atoms with Gasteiger partial charge in [0.1, 0.15) is 0 Å². The Kier molecular flexibility index (Phi) is 4.96. The Bertz CT molecular complexity index is 626. The number of aliphatic hydroxyl groups is 1. The van der Waals surface area contributed by atoms with Gasteiger partial charge in [0.2, 0.25) is 0 Å².